The van der Waals surface area contributed by atoms with Crippen molar-refractivity contribution in [3.63, 3.8) is 0 Å². The van der Waals surface area contributed by atoms with Gasteiger partial charge in [0.25, 0.3) is 0 Å². The Bertz CT molecular complexity index is 555. The van der Waals surface area contributed by atoms with Crippen LogP contribution in [0.3, 0.4) is 0 Å². The van der Waals surface area contributed by atoms with Gasteiger partial charge in [0, 0.05) is 0 Å². The van der Waals surface area contributed by atoms with Crippen LogP contribution >= 0.6 is 0 Å². The Kier molecular flexibility index (Phi) is 6.48. The molecular weight excluding hydrogens is 350 g/mol. The van der Waals surface area contributed by atoms with Crippen molar-refractivity contribution >= 4 is 0 Å². The first-order chi connectivity index (χ1) is 13.8. The van der Waals surface area contributed by atoms with Gasteiger partial charge >= 0.3 is 0 Å². The molecule has 0 heterocycles. The zero-order chi connectivity index (χ0) is 20.8. The molecule has 29 heavy (non-hydrogen) atoms. The summed E-state index contributed by atoms with van der Waals surface area (Å²) in [7, 11) is 0. The highest BCUT2D eigenvalue weighted by Crippen LogP contribution is 2.68. The molecule has 0 saturated heterocycles. The van der Waals surface area contributed by atoms with Crippen LogP contribution in [0.15, 0.2) is 0 Å². The number of fused-ring (bicyclic) bond motifs is 5. The van der Waals surface area contributed by atoms with Gasteiger partial charge < -0.3 is 5.73 Å². The molecule has 4 saturated carbocycles. The van der Waals surface area contributed by atoms with Crippen LogP contribution in [0.4, 0.5) is 0 Å². The smallest absolute Gasteiger partial charge is 0.00488 e. The topological polar surface area (TPSA) is 26.0 Å². The maximum Gasteiger partial charge on any atom is -0.00488 e. The zero-order valence-corrected chi connectivity index (χ0v) is 20.4. The third-order valence-electron chi connectivity index (χ3n) is 11.3. The van der Waals surface area contributed by atoms with E-state index < -0.39 is 0 Å². The molecule has 0 aromatic carbocycles. The Labute approximate surface area is 182 Å². The van der Waals surface area contributed by atoms with Crippen LogP contribution in [0.2, 0.25) is 0 Å². The Morgan fingerprint density at radius 2 is 1.55 bits per heavy atom. The molecule has 4 aliphatic carbocycles. The molecule has 0 aromatic heterocycles. The highest BCUT2D eigenvalue weighted by molar-refractivity contribution is 5.09. The van der Waals surface area contributed by atoms with Crippen molar-refractivity contribution in [1.29, 1.82) is 0 Å². The van der Waals surface area contributed by atoms with Gasteiger partial charge in [0.2, 0.25) is 0 Å². The maximum absolute atomic E-state index is 6.08. The van der Waals surface area contributed by atoms with Crippen LogP contribution in [0, 0.1) is 58.2 Å². The second-order valence-electron chi connectivity index (χ2n) is 13.1. The third kappa shape index (κ3) is 3.85. The van der Waals surface area contributed by atoms with E-state index in [0.717, 1.165) is 53.9 Å². The van der Waals surface area contributed by atoms with Crippen LogP contribution in [0.1, 0.15) is 112 Å². The van der Waals surface area contributed by atoms with E-state index in [4.69, 9.17) is 5.73 Å². The molecule has 0 spiro atoms. The van der Waals surface area contributed by atoms with Gasteiger partial charge in [-0.3, -0.25) is 0 Å². The maximum atomic E-state index is 6.08. The molecule has 0 amide bonds. The van der Waals surface area contributed by atoms with Crippen LogP contribution in [0.25, 0.3) is 0 Å². The number of hydrogen-bond donors (Lipinski definition) is 1. The molecule has 168 valence electrons. The van der Waals surface area contributed by atoms with Gasteiger partial charge in [-0.1, -0.05) is 53.9 Å². The van der Waals surface area contributed by atoms with Crippen molar-refractivity contribution in [2.75, 3.05) is 6.54 Å². The van der Waals surface area contributed by atoms with Gasteiger partial charge in [-0.25, -0.2) is 0 Å². The fraction of sp³-hybridized carbons (Fsp3) is 1.00. The summed E-state index contributed by atoms with van der Waals surface area (Å²) in [5.41, 5.74) is 7.37. The summed E-state index contributed by atoms with van der Waals surface area (Å²) in [4.78, 5) is 0. The predicted molar refractivity (Wildman–Crippen MR) is 126 cm³/mol. The SMILES string of the molecule is CC(C)CCC[C@@H](C)C1CCC2C3CCC4CC(CN)CCC4(C)C3CCC21C. The molecule has 8 unspecified atom stereocenters. The van der Waals surface area contributed by atoms with Crippen molar-refractivity contribution < 1.29 is 0 Å². The van der Waals surface area contributed by atoms with Crippen LogP contribution in [0.5, 0.6) is 0 Å². The Morgan fingerprint density at radius 1 is 0.828 bits per heavy atom. The van der Waals surface area contributed by atoms with E-state index >= 15 is 0 Å². The van der Waals surface area contributed by atoms with Crippen LogP contribution < -0.4 is 5.73 Å². The Morgan fingerprint density at radius 3 is 2.28 bits per heavy atom. The molecule has 4 aliphatic rings. The first-order valence-corrected chi connectivity index (χ1v) is 13.5. The molecule has 4 fully saturated rings. The average molecular weight is 402 g/mol. The molecule has 2 N–H and O–H groups in total. The van der Waals surface area contributed by atoms with E-state index in [1.807, 2.05) is 0 Å². The Balaban J connectivity index is 1.45. The number of nitrogens with two attached hydrogens (primary N) is 1. The third-order valence-corrected chi connectivity index (χ3v) is 11.3. The lowest BCUT2D eigenvalue weighted by molar-refractivity contribution is -0.120. The molecule has 0 radical (unpaired) electrons. The standard InChI is InChI=1S/C28H51N/c1-19(2)7-6-8-20(3)24-11-12-25-23-10-9-22-17-21(18-29)13-15-27(22,4)26(23)14-16-28(24,25)5/h19-26H,6-18,29H2,1-5H3/t20-,21?,22?,23?,24?,25?,26?,27?,28?/m1/s1. The second kappa shape index (κ2) is 8.48. The highest BCUT2D eigenvalue weighted by Gasteiger charge is 2.60. The minimum Gasteiger partial charge on any atom is -0.330 e. The summed E-state index contributed by atoms with van der Waals surface area (Å²) in [5, 5.41) is 0. The summed E-state index contributed by atoms with van der Waals surface area (Å²) >= 11 is 0. The first kappa shape index (κ1) is 22.2. The van der Waals surface area contributed by atoms with Crippen molar-refractivity contribution in [1.82, 2.24) is 0 Å². The average Bonchev–Trinajstić information content (AvgIpc) is 3.04. The molecule has 1 nitrogen and oxygen atoms in total. The molecule has 0 bridgehead atoms. The first-order valence-electron chi connectivity index (χ1n) is 13.5. The summed E-state index contributed by atoms with van der Waals surface area (Å²) < 4.78 is 0. The quantitative estimate of drug-likeness (QED) is 0.485. The van der Waals surface area contributed by atoms with E-state index in [2.05, 4.69) is 34.6 Å². The van der Waals surface area contributed by atoms with Gasteiger partial charge in [0.1, 0.15) is 0 Å². The van der Waals surface area contributed by atoms with Crippen molar-refractivity contribution in [3.8, 4) is 0 Å². The second-order valence-corrected chi connectivity index (χ2v) is 13.1. The molecule has 1 heteroatoms. The summed E-state index contributed by atoms with van der Waals surface area (Å²) in [6.07, 6.45) is 17.8. The predicted octanol–water partition coefficient (Wildman–Crippen LogP) is 7.68. The van der Waals surface area contributed by atoms with Crippen molar-refractivity contribution in [3.05, 3.63) is 0 Å². The molecule has 4 rings (SSSR count). The molecule has 0 aromatic rings. The summed E-state index contributed by atoms with van der Waals surface area (Å²) in [6, 6.07) is 0. The molecule has 9 atom stereocenters. The zero-order valence-electron chi connectivity index (χ0n) is 20.4. The van der Waals surface area contributed by atoms with E-state index in [0.29, 0.717) is 10.8 Å². The fourth-order valence-electron chi connectivity index (χ4n) is 9.59. The van der Waals surface area contributed by atoms with Gasteiger partial charge in [0.15, 0.2) is 0 Å². The number of rotatable bonds is 6. The lowest BCUT2D eigenvalue weighted by atomic mass is 9.44. The van der Waals surface area contributed by atoms with E-state index in [1.165, 1.54) is 70.6 Å². The van der Waals surface area contributed by atoms with E-state index in [1.54, 1.807) is 6.42 Å². The minimum atomic E-state index is 0.636. The normalized spacial score (nSPS) is 48.1. The highest BCUT2D eigenvalue weighted by atomic mass is 14.7. The van der Waals surface area contributed by atoms with Gasteiger partial charge in [-0.2, -0.15) is 0 Å². The lowest BCUT2D eigenvalue weighted by Gasteiger charge is -2.61. The van der Waals surface area contributed by atoms with Gasteiger partial charge in [-0.05, 0) is 123 Å². The summed E-state index contributed by atoms with van der Waals surface area (Å²) in [6.45, 7) is 13.8. The van der Waals surface area contributed by atoms with Gasteiger partial charge in [0.05, 0.1) is 0 Å². The largest absolute Gasteiger partial charge is 0.330 e. The Hall–Kier alpha value is -0.0400. The van der Waals surface area contributed by atoms with Gasteiger partial charge in [-0.15, -0.1) is 0 Å². The van der Waals surface area contributed by atoms with Crippen LogP contribution in [-0.4, -0.2) is 6.54 Å². The van der Waals surface area contributed by atoms with Crippen molar-refractivity contribution in [2.45, 2.75) is 112 Å². The van der Waals surface area contributed by atoms with Crippen molar-refractivity contribution in [2.24, 2.45) is 63.9 Å². The van der Waals surface area contributed by atoms with Crippen LogP contribution in [-0.2, 0) is 0 Å². The van der Waals surface area contributed by atoms with E-state index in [-0.39, 0.29) is 0 Å². The molecular formula is C28H51N. The molecule has 0 aliphatic heterocycles. The number of hydrogen-bond acceptors (Lipinski definition) is 1. The minimum absolute atomic E-state index is 0.636. The fourth-order valence-corrected chi connectivity index (χ4v) is 9.59. The lowest BCUT2D eigenvalue weighted by Crippen LogP contribution is -2.54. The van der Waals surface area contributed by atoms with E-state index in [9.17, 15) is 0 Å². The monoisotopic (exact) mass is 401 g/mol. The summed E-state index contributed by atoms with van der Waals surface area (Å²) in [5.74, 6) is 7.69.